The van der Waals surface area contributed by atoms with Crippen LogP contribution < -0.4 is 11.1 Å². The fraction of sp³-hybridized carbons (Fsp3) is 0.367. The van der Waals surface area contributed by atoms with Crippen LogP contribution in [0.2, 0.25) is 0 Å². The van der Waals surface area contributed by atoms with Gasteiger partial charge in [0.15, 0.2) is 0 Å². The summed E-state index contributed by atoms with van der Waals surface area (Å²) in [6.07, 6.45) is 8.96. The summed E-state index contributed by atoms with van der Waals surface area (Å²) in [5, 5.41) is 4.30. The highest BCUT2D eigenvalue weighted by atomic mass is 19.1. The second kappa shape index (κ2) is 9.29. The molecule has 1 spiro atoms. The molecule has 6 rings (SSSR count). The van der Waals surface area contributed by atoms with Gasteiger partial charge < -0.3 is 16.0 Å². The highest BCUT2D eigenvalue weighted by molar-refractivity contribution is 6.06. The lowest BCUT2D eigenvalue weighted by molar-refractivity contribution is 0.188. The van der Waals surface area contributed by atoms with Gasteiger partial charge in [0, 0.05) is 59.2 Å². The highest BCUT2D eigenvalue weighted by Crippen LogP contribution is 2.43. The molecule has 1 atom stereocenters. The third kappa shape index (κ3) is 4.26. The van der Waals surface area contributed by atoms with Gasteiger partial charge in [-0.2, -0.15) is 0 Å². The number of rotatable bonds is 4. The standard InChI is InChI=1S/C30H32FN5O/c31-24-9-3-2-8-23(24)30(11-5-6-12-30)35-28(37)36-16-14-29(20-36)13-15-33-27(29)18-25(32)22-17-21-7-1-4-10-26(21)34-19-22/h1-4,7-10,17-19H,5-6,11-16,20,32H2,(H,35,37)/b25-18-. The average Bonchev–Trinajstić information content (AvgIpc) is 3.66. The molecule has 3 aliphatic rings. The summed E-state index contributed by atoms with van der Waals surface area (Å²) in [5.41, 5.74) is 9.66. The Hall–Kier alpha value is -3.74. The minimum Gasteiger partial charge on any atom is -0.398 e. The third-order valence-electron chi connectivity index (χ3n) is 8.47. The lowest BCUT2D eigenvalue weighted by Crippen LogP contribution is -2.50. The molecule has 2 fully saturated rings. The van der Waals surface area contributed by atoms with Crippen LogP contribution >= 0.6 is 0 Å². The van der Waals surface area contributed by atoms with Gasteiger partial charge in [0.05, 0.1) is 11.1 Å². The lowest BCUT2D eigenvalue weighted by atomic mass is 9.80. The van der Waals surface area contributed by atoms with Crippen LogP contribution in [-0.4, -0.2) is 41.3 Å². The summed E-state index contributed by atoms with van der Waals surface area (Å²) in [6, 6.07) is 16.7. The van der Waals surface area contributed by atoms with Crippen LogP contribution in [0.5, 0.6) is 0 Å². The zero-order valence-electron chi connectivity index (χ0n) is 20.9. The Labute approximate surface area is 216 Å². The molecule has 1 saturated carbocycles. The first kappa shape index (κ1) is 23.6. The van der Waals surface area contributed by atoms with Crippen LogP contribution in [-0.2, 0) is 5.54 Å². The number of para-hydroxylation sites is 1. The van der Waals surface area contributed by atoms with E-state index < -0.39 is 5.54 Å². The van der Waals surface area contributed by atoms with E-state index in [0.717, 1.165) is 67.2 Å². The number of nitrogens with two attached hydrogens (primary N) is 1. The van der Waals surface area contributed by atoms with Crippen molar-refractivity contribution in [2.75, 3.05) is 19.6 Å². The number of aromatic nitrogens is 1. The number of hydrogen-bond donors (Lipinski definition) is 2. The molecule has 6 nitrogen and oxygen atoms in total. The highest BCUT2D eigenvalue weighted by Gasteiger charge is 2.47. The zero-order valence-corrected chi connectivity index (χ0v) is 20.9. The largest absolute Gasteiger partial charge is 0.398 e. The van der Waals surface area contributed by atoms with E-state index in [-0.39, 0.29) is 17.3 Å². The maximum atomic E-state index is 14.8. The molecular formula is C30H32FN5O. The van der Waals surface area contributed by atoms with Crippen molar-refractivity contribution in [2.45, 2.75) is 44.1 Å². The maximum Gasteiger partial charge on any atom is 0.318 e. The van der Waals surface area contributed by atoms with Crippen molar-refractivity contribution in [1.29, 1.82) is 0 Å². The second-order valence-electron chi connectivity index (χ2n) is 10.7. The zero-order chi connectivity index (χ0) is 25.5. The first-order valence-corrected chi connectivity index (χ1v) is 13.2. The number of amides is 2. The van der Waals surface area contributed by atoms with Crippen LogP contribution in [0.3, 0.4) is 0 Å². The van der Waals surface area contributed by atoms with Gasteiger partial charge in [0.2, 0.25) is 0 Å². The van der Waals surface area contributed by atoms with Gasteiger partial charge in [-0.05, 0) is 50.0 Å². The number of urea groups is 1. The topological polar surface area (TPSA) is 83.6 Å². The fourth-order valence-electron chi connectivity index (χ4n) is 6.38. The van der Waals surface area contributed by atoms with E-state index in [9.17, 15) is 9.18 Å². The fourth-order valence-corrected chi connectivity index (χ4v) is 6.38. The predicted octanol–water partition coefficient (Wildman–Crippen LogP) is 5.39. The van der Waals surface area contributed by atoms with Gasteiger partial charge in [-0.3, -0.25) is 9.98 Å². The number of benzene rings is 2. The Bertz CT molecular complexity index is 1410. The Morgan fingerprint density at radius 2 is 1.84 bits per heavy atom. The molecule has 0 radical (unpaired) electrons. The number of nitrogens with one attached hydrogen (secondary N) is 1. The van der Waals surface area contributed by atoms with Crippen molar-refractivity contribution >= 4 is 28.3 Å². The number of fused-ring (bicyclic) bond motifs is 1. The number of halogens is 1. The SMILES string of the molecule is N/C(=C\C1=NCCC12CCN(C(=O)NC1(c3ccccc3F)CCCC1)C2)c1cnc2ccccc2c1. The van der Waals surface area contributed by atoms with Gasteiger partial charge in [0.1, 0.15) is 5.82 Å². The maximum absolute atomic E-state index is 14.8. The van der Waals surface area contributed by atoms with Crippen molar-refractivity contribution < 1.29 is 9.18 Å². The molecule has 3 heterocycles. The molecular weight excluding hydrogens is 465 g/mol. The number of allylic oxidation sites excluding steroid dienone is 1. The van der Waals surface area contributed by atoms with Gasteiger partial charge in [-0.15, -0.1) is 0 Å². The molecule has 1 aromatic heterocycles. The van der Waals surface area contributed by atoms with Gasteiger partial charge in [-0.1, -0.05) is 49.2 Å². The number of likely N-dealkylation sites (tertiary alicyclic amines) is 1. The molecule has 3 N–H and O–H groups in total. The second-order valence-corrected chi connectivity index (χ2v) is 10.7. The molecule has 1 aliphatic carbocycles. The summed E-state index contributed by atoms with van der Waals surface area (Å²) >= 11 is 0. The number of pyridine rings is 1. The lowest BCUT2D eigenvalue weighted by Gasteiger charge is -2.34. The Kier molecular flexibility index (Phi) is 5.94. The van der Waals surface area contributed by atoms with Crippen molar-refractivity contribution in [2.24, 2.45) is 16.1 Å². The molecule has 0 bridgehead atoms. The molecule has 1 unspecified atom stereocenters. The Balaban J connectivity index is 1.20. The smallest absolute Gasteiger partial charge is 0.318 e. The molecule has 2 aromatic carbocycles. The summed E-state index contributed by atoms with van der Waals surface area (Å²) in [7, 11) is 0. The van der Waals surface area contributed by atoms with Crippen molar-refractivity contribution in [3.8, 4) is 0 Å². The first-order valence-electron chi connectivity index (χ1n) is 13.2. The van der Waals surface area contributed by atoms with Crippen LogP contribution in [0.4, 0.5) is 9.18 Å². The number of hydrogen-bond acceptors (Lipinski definition) is 4. The molecule has 37 heavy (non-hydrogen) atoms. The Morgan fingerprint density at radius 3 is 2.68 bits per heavy atom. The van der Waals surface area contributed by atoms with Gasteiger partial charge in [0.25, 0.3) is 0 Å². The number of carbonyl (C=O) groups is 1. The first-order chi connectivity index (χ1) is 18.0. The van der Waals surface area contributed by atoms with Crippen molar-refractivity contribution in [3.05, 3.63) is 83.8 Å². The quantitative estimate of drug-likeness (QED) is 0.507. The van der Waals surface area contributed by atoms with Crippen molar-refractivity contribution in [1.82, 2.24) is 15.2 Å². The molecule has 190 valence electrons. The number of aliphatic imine (C=N–C) groups is 1. The summed E-state index contributed by atoms with van der Waals surface area (Å²) < 4.78 is 14.8. The summed E-state index contributed by atoms with van der Waals surface area (Å²) in [6.45, 7) is 1.96. The average molecular weight is 498 g/mol. The van der Waals surface area contributed by atoms with Crippen LogP contribution in [0.15, 0.2) is 71.9 Å². The van der Waals surface area contributed by atoms with E-state index in [1.54, 1.807) is 12.3 Å². The predicted molar refractivity (Wildman–Crippen MR) is 145 cm³/mol. The number of nitrogens with zero attached hydrogens (tertiary/aromatic N) is 3. The van der Waals surface area contributed by atoms with Gasteiger partial charge in [-0.25, -0.2) is 9.18 Å². The monoisotopic (exact) mass is 497 g/mol. The molecule has 7 heteroatoms. The molecule has 1 saturated heterocycles. The Morgan fingerprint density at radius 1 is 1.05 bits per heavy atom. The molecule has 3 aromatic rings. The van der Waals surface area contributed by atoms with E-state index in [0.29, 0.717) is 24.4 Å². The van der Waals surface area contributed by atoms with Crippen LogP contribution in [0.25, 0.3) is 16.6 Å². The summed E-state index contributed by atoms with van der Waals surface area (Å²) in [4.78, 5) is 24.7. The van der Waals surface area contributed by atoms with E-state index in [4.69, 9.17) is 10.7 Å². The van der Waals surface area contributed by atoms with Crippen LogP contribution in [0, 0.1) is 11.2 Å². The van der Waals surface area contributed by atoms with Gasteiger partial charge >= 0.3 is 6.03 Å². The molecule has 2 amide bonds. The third-order valence-corrected chi connectivity index (χ3v) is 8.47. The normalized spacial score (nSPS) is 23.1. The van der Waals surface area contributed by atoms with E-state index >= 15 is 0 Å². The van der Waals surface area contributed by atoms with Crippen molar-refractivity contribution in [3.63, 3.8) is 0 Å². The minimum absolute atomic E-state index is 0.121. The van der Waals surface area contributed by atoms with Crippen LogP contribution in [0.1, 0.15) is 49.7 Å². The van der Waals surface area contributed by atoms with E-state index in [1.807, 2.05) is 47.4 Å². The van der Waals surface area contributed by atoms with E-state index in [2.05, 4.69) is 16.4 Å². The minimum atomic E-state index is -0.641. The molecule has 2 aliphatic heterocycles. The van der Waals surface area contributed by atoms with E-state index in [1.165, 1.54) is 6.07 Å². The number of carbonyl (C=O) groups excluding carboxylic acids is 1. The summed E-state index contributed by atoms with van der Waals surface area (Å²) in [5.74, 6) is -0.253.